The fourth-order valence-electron chi connectivity index (χ4n) is 5.50. The standard InChI is InChI=1S/C42H72N2O4S8/c1-5-7-9-11-13-15-17-19-21-23-30-51-40(49)55-37(33-43)25-26-38(45)47-29-32-53-54-34-36(3)48-39(46)27-28-42(4,35-44)56-41(50)52-31-24-22-20-18-16-14-12-10-8-6-2/h36-37H,5-32,34H2,1-4H3/t36?,37-,42+/m1/s1. The Hall–Kier alpha value is 0.200. The predicted molar refractivity (Wildman–Crippen MR) is 262 cm³/mol. The number of carbonyl (C=O) groups is 2. The third-order valence-electron chi connectivity index (χ3n) is 8.93. The summed E-state index contributed by atoms with van der Waals surface area (Å²) in [4.78, 5) is 24.8. The lowest BCUT2D eigenvalue weighted by atomic mass is 10.1. The SMILES string of the molecule is CCCCCCCCCCCCSC(=S)S[C@@H](C#N)CCC(=O)OCCSSCC(C)OC(=O)CC[C@@](C)(C#N)SC(=S)SCCCCCCCCCCCC. The number of unbranched alkanes of at least 4 members (excludes halogenated alkanes) is 18. The molecule has 0 fully saturated rings. The smallest absolute Gasteiger partial charge is 0.306 e. The van der Waals surface area contributed by atoms with Gasteiger partial charge >= 0.3 is 11.9 Å². The van der Waals surface area contributed by atoms with Gasteiger partial charge in [0.05, 0.1) is 17.4 Å². The molecule has 0 aliphatic heterocycles. The van der Waals surface area contributed by atoms with Gasteiger partial charge in [-0.1, -0.05) is 199 Å². The van der Waals surface area contributed by atoms with E-state index in [9.17, 15) is 20.1 Å². The van der Waals surface area contributed by atoms with Gasteiger partial charge in [0.2, 0.25) is 0 Å². The molecule has 0 aromatic rings. The summed E-state index contributed by atoms with van der Waals surface area (Å²) >= 11 is 17.1. The van der Waals surface area contributed by atoms with Crippen molar-refractivity contribution in [2.45, 2.75) is 198 Å². The van der Waals surface area contributed by atoms with Crippen molar-refractivity contribution in [2.75, 3.05) is 29.6 Å². The van der Waals surface area contributed by atoms with Crippen LogP contribution in [0.4, 0.5) is 0 Å². The maximum absolute atomic E-state index is 12.5. The van der Waals surface area contributed by atoms with E-state index < -0.39 is 4.75 Å². The van der Waals surface area contributed by atoms with Crippen molar-refractivity contribution in [1.82, 2.24) is 0 Å². The van der Waals surface area contributed by atoms with Crippen molar-refractivity contribution in [3.63, 3.8) is 0 Å². The van der Waals surface area contributed by atoms with E-state index in [-0.39, 0.29) is 42.7 Å². The Kier molecular flexibility index (Phi) is 40.7. The van der Waals surface area contributed by atoms with Gasteiger partial charge in [0, 0.05) is 24.3 Å². The minimum atomic E-state index is -0.766. The highest BCUT2D eigenvalue weighted by Crippen LogP contribution is 2.35. The molecule has 0 aliphatic carbocycles. The summed E-state index contributed by atoms with van der Waals surface area (Å²) in [6, 6.07) is 4.63. The summed E-state index contributed by atoms with van der Waals surface area (Å²) in [5, 5.41) is 19.0. The monoisotopic (exact) mass is 924 g/mol. The number of nitriles is 2. The van der Waals surface area contributed by atoms with Gasteiger partial charge < -0.3 is 9.47 Å². The van der Waals surface area contributed by atoms with E-state index >= 15 is 0 Å². The molecule has 56 heavy (non-hydrogen) atoms. The quantitative estimate of drug-likeness (QED) is 0.0256. The molecular formula is C42H72N2O4S8. The van der Waals surface area contributed by atoms with Gasteiger partial charge in [-0.15, -0.1) is 23.5 Å². The van der Waals surface area contributed by atoms with E-state index in [1.54, 1.807) is 45.1 Å². The topological polar surface area (TPSA) is 100 Å². The molecule has 0 aliphatic rings. The van der Waals surface area contributed by atoms with Crippen LogP contribution in [0.5, 0.6) is 0 Å². The zero-order chi connectivity index (χ0) is 41.5. The van der Waals surface area contributed by atoms with E-state index in [4.69, 9.17) is 33.9 Å². The van der Waals surface area contributed by atoms with Crippen LogP contribution in [0.25, 0.3) is 0 Å². The highest BCUT2D eigenvalue weighted by atomic mass is 33.1. The van der Waals surface area contributed by atoms with Crippen molar-refractivity contribution in [3.05, 3.63) is 0 Å². The van der Waals surface area contributed by atoms with Gasteiger partial charge in [-0.05, 0) is 51.0 Å². The lowest BCUT2D eigenvalue weighted by molar-refractivity contribution is -0.147. The Labute approximate surface area is 378 Å². The van der Waals surface area contributed by atoms with E-state index in [1.165, 1.54) is 139 Å². The predicted octanol–water partition coefficient (Wildman–Crippen LogP) is 14.9. The number of rotatable bonds is 37. The third kappa shape index (κ3) is 37.2. The minimum absolute atomic E-state index is 0.163. The fourth-order valence-corrected chi connectivity index (χ4v) is 13.0. The first kappa shape index (κ1) is 56.2. The van der Waals surface area contributed by atoms with E-state index in [2.05, 4.69) is 26.0 Å². The Morgan fingerprint density at radius 3 is 1.68 bits per heavy atom. The number of hydrogen-bond acceptors (Lipinski definition) is 14. The van der Waals surface area contributed by atoms with Crippen LogP contribution in [0, 0.1) is 22.7 Å². The highest BCUT2D eigenvalue weighted by molar-refractivity contribution is 8.76. The number of hydrogen-bond donors (Lipinski definition) is 0. The lowest BCUT2D eigenvalue weighted by Crippen LogP contribution is -2.23. The summed E-state index contributed by atoms with van der Waals surface area (Å²) in [6.45, 7) is 8.49. The lowest BCUT2D eigenvalue weighted by Gasteiger charge is -2.21. The zero-order valence-corrected chi connectivity index (χ0v) is 41.5. The van der Waals surface area contributed by atoms with Gasteiger partial charge in [0.25, 0.3) is 0 Å². The first-order valence-corrected chi connectivity index (χ1v) is 28.2. The maximum Gasteiger partial charge on any atom is 0.306 e. The van der Waals surface area contributed by atoms with Crippen LogP contribution in [-0.4, -0.2) is 64.7 Å². The molecule has 0 radical (unpaired) electrons. The molecule has 0 saturated carbocycles. The number of thioether (sulfide) groups is 4. The molecule has 322 valence electrons. The normalized spacial score (nSPS) is 13.2. The van der Waals surface area contributed by atoms with Crippen LogP contribution in [-0.2, 0) is 19.1 Å². The van der Waals surface area contributed by atoms with Crippen LogP contribution < -0.4 is 0 Å². The van der Waals surface area contributed by atoms with Gasteiger partial charge in [0.15, 0.2) is 0 Å². The molecule has 0 aromatic heterocycles. The van der Waals surface area contributed by atoms with Crippen molar-refractivity contribution in [3.8, 4) is 12.1 Å². The largest absolute Gasteiger partial charge is 0.465 e. The summed E-state index contributed by atoms with van der Waals surface area (Å²) in [7, 11) is 3.12. The summed E-state index contributed by atoms with van der Waals surface area (Å²) < 4.78 is 11.7. The molecule has 1 unspecified atom stereocenters. The number of ether oxygens (including phenoxy) is 2. The average Bonchev–Trinajstić information content (AvgIpc) is 3.18. The first-order valence-electron chi connectivity index (χ1n) is 21.2. The summed E-state index contributed by atoms with van der Waals surface area (Å²) in [6.07, 6.45) is 27.0. The summed E-state index contributed by atoms with van der Waals surface area (Å²) in [5.74, 6) is 2.55. The van der Waals surface area contributed by atoms with Crippen molar-refractivity contribution in [1.29, 1.82) is 10.5 Å². The molecule has 6 nitrogen and oxygen atoms in total. The number of thiocarbonyl (C=S) groups is 2. The molecule has 0 heterocycles. The second-order valence-electron chi connectivity index (χ2n) is 14.4. The molecule has 0 bridgehead atoms. The molecule has 3 atom stereocenters. The Balaban J connectivity index is 3.95. The molecule has 0 amide bonds. The van der Waals surface area contributed by atoms with E-state index in [1.807, 2.05) is 13.8 Å². The molecule has 0 N–H and O–H groups in total. The van der Waals surface area contributed by atoms with Crippen molar-refractivity contribution < 1.29 is 19.1 Å². The molecule has 0 rings (SSSR count). The van der Waals surface area contributed by atoms with Crippen LogP contribution >= 0.6 is 93.1 Å². The van der Waals surface area contributed by atoms with Gasteiger partial charge in [0.1, 0.15) is 24.5 Å². The van der Waals surface area contributed by atoms with Crippen molar-refractivity contribution in [2.24, 2.45) is 0 Å². The van der Waals surface area contributed by atoms with Crippen LogP contribution in [0.15, 0.2) is 0 Å². The average molecular weight is 926 g/mol. The molecule has 0 aromatic carbocycles. The molecule has 0 spiro atoms. The molecule has 0 saturated heterocycles. The second kappa shape index (κ2) is 40.6. The number of carbonyl (C=O) groups excluding carboxylic acids is 2. The maximum atomic E-state index is 12.5. The van der Waals surface area contributed by atoms with Gasteiger partial charge in [-0.25, -0.2) is 0 Å². The zero-order valence-electron chi connectivity index (χ0n) is 35.0. The van der Waals surface area contributed by atoms with E-state index in [0.29, 0.717) is 24.3 Å². The number of esters is 2. The minimum Gasteiger partial charge on any atom is -0.465 e. The fraction of sp³-hybridized carbons (Fsp3) is 0.857. The van der Waals surface area contributed by atoms with Crippen LogP contribution in [0.2, 0.25) is 0 Å². The van der Waals surface area contributed by atoms with Crippen molar-refractivity contribution >= 4 is 112 Å². The molecule has 14 heteroatoms. The Morgan fingerprint density at radius 2 is 1.18 bits per heavy atom. The second-order valence-corrected chi connectivity index (χ2v) is 24.3. The number of nitrogens with zero attached hydrogens (tertiary/aromatic N) is 2. The molecular weight excluding hydrogens is 853 g/mol. The van der Waals surface area contributed by atoms with Gasteiger partial charge in [-0.2, -0.15) is 10.5 Å². The van der Waals surface area contributed by atoms with Crippen LogP contribution in [0.3, 0.4) is 0 Å². The van der Waals surface area contributed by atoms with Crippen LogP contribution in [0.1, 0.15) is 182 Å². The Bertz CT molecular complexity index is 1120. The summed E-state index contributed by atoms with van der Waals surface area (Å²) in [5.41, 5.74) is 0. The third-order valence-corrected chi connectivity index (χ3v) is 17.1. The highest BCUT2D eigenvalue weighted by Gasteiger charge is 2.28. The van der Waals surface area contributed by atoms with E-state index in [0.717, 1.165) is 31.4 Å². The Morgan fingerprint density at radius 1 is 0.679 bits per heavy atom. The van der Waals surface area contributed by atoms with Gasteiger partial charge in [-0.3, -0.25) is 9.59 Å². The first-order chi connectivity index (χ1) is 27.1.